The first-order valence-corrected chi connectivity index (χ1v) is 10.6. The van der Waals surface area contributed by atoms with E-state index in [2.05, 4.69) is 25.7 Å². The highest BCUT2D eigenvalue weighted by Gasteiger charge is 2.48. The van der Waals surface area contributed by atoms with E-state index in [0.29, 0.717) is 18.3 Å². The standard InChI is InChI=1S/C23H24N6O2/c30-22-29(21-7-4-14-25-28-21)16-23(31-22)12-10-17(11-13-23)15-24-20-9-8-19(26-27-20)18-5-2-1-3-6-18/h1-9,14,17H,10-13,15-16H2,(H,24,27). The maximum Gasteiger partial charge on any atom is 0.416 e. The van der Waals surface area contributed by atoms with Crippen LogP contribution in [0.15, 0.2) is 60.8 Å². The van der Waals surface area contributed by atoms with E-state index in [4.69, 9.17) is 4.74 Å². The van der Waals surface area contributed by atoms with Crippen LogP contribution in [-0.2, 0) is 4.74 Å². The van der Waals surface area contributed by atoms with Gasteiger partial charge in [-0.25, -0.2) is 4.79 Å². The molecule has 3 aromatic rings. The van der Waals surface area contributed by atoms with Crippen molar-refractivity contribution in [2.75, 3.05) is 23.3 Å². The Balaban J connectivity index is 1.14. The number of nitrogens with zero attached hydrogens (tertiary/aromatic N) is 5. The Bertz CT molecular complexity index is 1020. The Kier molecular flexibility index (Phi) is 5.19. The summed E-state index contributed by atoms with van der Waals surface area (Å²) in [4.78, 5) is 14.0. The van der Waals surface area contributed by atoms with Gasteiger partial charge < -0.3 is 10.1 Å². The van der Waals surface area contributed by atoms with Gasteiger partial charge in [0.05, 0.1) is 12.2 Å². The first-order chi connectivity index (χ1) is 15.2. The fraction of sp³-hybridized carbons (Fsp3) is 0.348. The first-order valence-electron chi connectivity index (χ1n) is 10.6. The van der Waals surface area contributed by atoms with Crippen molar-refractivity contribution in [2.24, 2.45) is 5.92 Å². The Morgan fingerprint density at radius 2 is 1.84 bits per heavy atom. The summed E-state index contributed by atoms with van der Waals surface area (Å²) in [5.74, 6) is 1.83. The molecule has 0 atom stereocenters. The Hall–Kier alpha value is -3.55. The Labute approximate surface area is 180 Å². The van der Waals surface area contributed by atoms with Crippen LogP contribution in [0.5, 0.6) is 0 Å². The number of carbonyl (C=O) groups is 1. The molecule has 1 N–H and O–H groups in total. The van der Waals surface area contributed by atoms with E-state index in [9.17, 15) is 4.79 Å². The minimum atomic E-state index is -0.414. The fourth-order valence-electron chi connectivity index (χ4n) is 4.34. The highest BCUT2D eigenvalue weighted by molar-refractivity contribution is 5.89. The van der Waals surface area contributed by atoms with Gasteiger partial charge in [0.25, 0.3) is 0 Å². The lowest BCUT2D eigenvalue weighted by Gasteiger charge is -2.35. The third-order valence-corrected chi connectivity index (χ3v) is 6.13. The monoisotopic (exact) mass is 416 g/mol. The summed E-state index contributed by atoms with van der Waals surface area (Å²) in [6, 6.07) is 17.5. The number of carbonyl (C=O) groups excluding carboxylic acids is 1. The van der Waals surface area contributed by atoms with Crippen molar-refractivity contribution in [1.29, 1.82) is 0 Å². The smallest absolute Gasteiger partial charge is 0.416 e. The number of anilines is 2. The molecule has 2 fully saturated rings. The summed E-state index contributed by atoms with van der Waals surface area (Å²) in [7, 11) is 0. The second kappa shape index (κ2) is 8.29. The number of benzene rings is 1. The number of rotatable bonds is 5. The molecule has 158 valence electrons. The number of ether oxygens (including phenoxy) is 1. The molecule has 8 nitrogen and oxygen atoms in total. The van der Waals surface area contributed by atoms with Crippen molar-refractivity contribution in [2.45, 2.75) is 31.3 Å². The zero-order valence-electron chi connectivity index (χ0n) is 17.1. The summed E-state index contributed by atoms with van der Waals surface area (Å²) < 4.78 is 5.80. The molecule has 0 unspecified atom stereocenters. The summed E-state index contributed by atoms with van der Waals surface area (Å²) in [5.41, 5.74) is 1.50. The molecule has 0 bridgehead atoms. The van der Waals surface area contributed by atoms with Crippen LogP contribution in [0.1, 0.15) is 25.7 Å². The number of amides is 1. The van der Waals surface area contributed by atoms with Gasteiger partial charge in [0, 0.05) is 18.3 Å². The van der Waals surface area contributed by atoms with Crippen molar-refractivity contribution in [3.63, 3.8) is 0 Å². The molecule has 1 amide bonds. The van der Waals surface area contributed by atoms with E-state index in [1.165, 1.54) is 0 Å². The van der Waals surface area contributed by atoms with Gasteiger partial charge in [0.15, 0.2) is 5.82 Å². The third-order valence-electron chi connectivity index (χ3n) is 6.13. The van der Waals surface area contributed by atoms with Crippen LogP contribution in [0.25, 0.3) is 11.3 Å². The number of nitrogens with one attached hydrogen (secondary N) is 1. The topological polar surface area (TPSA) is 93.1 Å². The van der Waals surface area contributed by atoms with E-state index < -0.39 is 5.60 Å². The van der Waals surface area contributed by atoms with Crippen LogP contribution < -0.4 is 10.2 Å². The normalized spacial score (nSPS) is 23.0. The molecular weight excluding hydrogens is 392 g/mol. The molecule has 1 aliphatic heterocycles. The predicted molar refractivity (Wildman–Crippen MR) is 117 cm³/mol. The number of hydrogen-bond donors (Lipinski definition) is 1. The van der Waals surface area contributed by atoms with E-state index in [1.807, 2.05) is 42.5 Å². The SMILES string of the molecule is O=C1OC2(CCC(CNc3ccc(-c4ccccc4)nn3)CC2)CN1c1cccnn1. The average molecular weight is 416 g/mol. The summed E-state index contributed by atoms with van der Waals surface area (Å²) >= 11 is 0. The number of aromatic nitrogens is 4. The fourth-order valence-corrected chi connectivity index (χ4v) is 4.34. The van der Waals surface area contributed by atoms with E-state index in [-0.39, 0.29) is 6.09 Å². The van der Waals surface area contributed by atoms with Crippen molar-refractivity contribution < 1.29 is 9.53 Å². The van der Waals surface area contributed by atoms with Gasteiger partial charge in [0.1, 0.15) is 11.4 Å². The lowest BCUT2D eigenvalue weighted by Crippen LogP contribution is -2.39. The van der Waals surface area contributed by atoms with Gasteiger partial charge in [0.2, 0.25) is 0 Å². The molecule has 3 heterocycles. The quantitative estimate of drug-likeness (QED) is 0.673. The molecule has 2 aliphatic rings. The van der Waals surface area contributed by atoms with Gasteiger partial charge in [-0.3, -0.25) is 4.90 Å². The van der Waals surface area contributed by atoms with Crippen molar-refractivity contribution in [3.05, 3.63) is 60.8 Å². The van der Waals surface area contributed by atoms with Gasteiger partial charge in [-0.05, 0) is 55.9 Å². The van der Waals surface area contributed by atoms with Gasteiger partial charge in [-0.1, -0.05) is 30.3 Å². The van der Waals surface area contributed by atoms with Crippen LogP contribution in [0, 0.1) is 5.92 Å². The third kappa shape index (κ3) is 4.19. The largest absolute Gasteiger partial charge is 0.441 e. The molecule has 1 saturated heterocycles. The second-order valence-electron chi connectivity index (χ2n) is 8.21. The zero-order chi connectivity index (χ0) is 21.1. The Morgan fingerprint density at radius 3 is 2.55 bits per heavy atom. The molecule has 1 aliphatic carbocycles. The molecule has 1 saturated carbocycles. The van der Waals surface area contributed by atoms with Crippen LogP contribution in [0.3, 0.4) is 0 Å². The maximum atomic E-state index is 12.4. The van der Waals surface area contributed by atoms with E-state index in [1.54, 1.807) is 23.2 Å². The summed E-state index contributed by atoms with van der Waals surface area (Å²) in [6.45, 7) is 1.37. The molecule has 31 heavy (non-hydrogen) atoms. The lowest BCUT2D eigenvalue weighted by molar-refractivity contribution is 0.0148. The minimum Gasteiger partial charge on any atom is -0.441 e. The van der Waals surface area contributed by atoms with Gasteiger partial charge in [-0.15, -0.1) is 15.3 Å². The first kappa shape index (κ1) is 19.4. The average Bonchev–Trinajstić information content (AvgIpc) is 3.16. The van der Waals surface area contributed by atoms with Gasteiger partial charge >= 0.3 is 6.09 Å². The summed E-state index contributed by atoms with van der Waals surface area (Å²) in [5, 5.41) is 20.0. The zero-order valence-corrected chi connectivity index (χ0v) is 17.1. The second-order valence-corrected chi connectivity index (χ2v) is 8.21. The van der Waals surface area contributed by atoms with Crippen LogP contribution >= 0.6 is 0 Å². The van der Waals surface area contributed by atoms with Crippen LogP contribution in [0.4, 0.5) is 16.4 Å². The van der Waals surface area contributed by atoms with Crippen molar-refractivity contribution in [3.8, 4) is 11.3 Å². The minimum absolute atomic E-state index is 0.328. The molecule has 0 radical (unpaired) electrons. The maximum absolute atomic E-state index is 12.4. The van der Waals surface area contributed by atoms with Crippen molar-refractivity contribution in [1.82, 2.24) is 20.4 Å². The Morgan fingerprint density at radius 1 is 1.00 bits per heavy atom. The predicted octanol–water partition coefficient (Wildman–Crippen LogP) is 3.93. The van der Waals surface area contributed by atoms with Crippen molar-refractivity contribution >= 4 is 17.7 Å². The summed E-state index contributed by atoms with van der Waals surface area (Å²) in [6.07, 6.45) is 4.94. The highest BCUT2D eigenvalue weighted by atomic mass is 16.6. The van der Waals surface area contributed by atoms with Crippen LogP contribution in [-0.4, -0.2) is 45.2 Å². The highest BCUT2D eigenvalue weighted by Crippen LogP contribution is 2.40. The molecule has 1 spiro atoms. The molecular formula is C23H24N6O2. The number of hydrogen-bond acceptors (Lipinski definition) is 7. The molecule has 1 aromatic carbocycles. The van der Waals surface area contributed by atoms with E-state index in [0.717, 1.165) is 49.3 Å². The van der Waals surface area contributed by atoms with Gasteiger partial charge in [-0.2, -0.15) is 5.10 Å². The van der Waals surface area contributed by atoms with E-state index >= 15 is 0 Å². The lowest BCUT2D eigenvalue weighted by atomic mass is 9.78. The van der Waals surface area contributed by atoms with Crippen LogP contribution in [0.2, 0.25) is 0 Å². The molecule has 5 rings (SSSR count). The molecule has 8 heteroatoms. The molecule has 2 aromatic heterocycles.